The van der Waals surface area contributed by atoms with Gasteiger partial charge in [-0.25, -0.2) is 0 Å². The summed E-state index contributed by atoms with van der Waals surface area (Å²) in [6.45, 7) is 1.60. The molecule has 0 radical (unpaired) electrons. The highest BCUT2D eigenvalue weighted by molar-refractivity contribution is 5.95. The van der Waals surface area contributed by atoms with Crippen molar-refractivity contribution in [2.24, 2.45) is 0 Å². The molecule has 4 heteroatoms. The molecule has 0 saturated carbocycles. The average molecular weight is 274 g/mol. The minimum absolute atomic E-state index is 0.107. The Morgan fingerprint density at radius 1 is 1.35 bits per heavy atom. The molecule has 20 heavy (non-hydrogen) atoms. The van der Waals surface area contributed by atoms with E-state index in [-0.39, 0.29) is 12.0 Å². The fourth-order valence-electron chi connectivity index (χ4n) is 3.15. The van der Waals surface area contributed by atoms with Crippen LogP contribution in [0.25, 0.3) is 0 Å². The van der Waals surface area contributed by atoms with Gasteiger partial charge >= 0.3 is 0 Å². The van der Waals surface area contributed by atoms with Crippen LogP contribution in [0.3, 0.4) is 0 Å². The molecule has 1 atom stereocenters. The van der Waals surface area contributed by atoms with Crippen molar-refractivity contribution >= 4 is 17.3 Å². The molecule has 2 aliphatic heterocycles. The van der Waals surface area contributed by atoms with E-state index < -0.39 is 0 Å². The molecule has 0 aromatic heterocycles. The SMILES string of the molecule is Nc1ccc2c(c1)CCCN2C(=O)CC1CCCCO1. The molecule has 2 N–H and O–H groups in total. The fraction of sp³-hybridized carbons (Fsp3) is 0.562. The molecular formula is C16H22N2O2. The number of hydrogen-bond acceptors (Lipinski definition) is 3. The van der Waals surface area contributed by atoms with Crippen molar-refractivity contribution in [1.82, 2.24) is 0 Å². The van der Waals surface area contributed by atoms with E-state index in [0.717, 1.165) is 50.2 Å². The predicted octanol–water partition coefficient (Wildman–Crippen LogP) is 2.51. The predicted molar refractivity (Wildman–Crippen MR) is 79.7 cm³/mol. The van der Waals surface area contributed by atoms with E-state index >= 15 is 0 Å². The Kier molecular flexibility index (Phi) is 3.92. The summed E-state index contributed by atoms with van der Waals surface area (Å²) in [7, 11) is 0. The van der Waals surface area contributed by atoms with Gasteiger partial charge in [-0.05, 0) is 55.9 Å². The minimum Gasteiger partial charge on any atom is -0.399 e. The Bertz CT molecular complexity index is 495. The Morgan fingerprint density at radius 3 is 3.05 bits per heavy atom. The third-order valence-electron chi connectivity index (χ3n) is 4.20. The quantitative estimate of drug-likeness (QED) is 0.843. The summed E-state index contributed by atoms with van der Waals surface area (Å²) in [5.74, 6) is 0.183. The van der Waals surface area contributed by atoms with Gasteiger partial charge in [0.25, 0.3) is 0 Å². The zero-order valence-corrected chi connectivity index (χ0v) is 11.8. The molecule has 0 bridgehead atoms. The number of ether oxygens (including phenoxy) is 1. The zero-order valence-electron chi connectivity index (χ0n) is 11.8. The average Bonchev–Trinajstić information content (AvgIpc) is 2.47. The third-order valence-corrected chi connectivity index (χ3v) is 4.20. The van der Waals surface area contributed by atoms with E-state index in [1.165, 1.54) is 12.0 Å². The minimum atomic E-state index is 0.107. The van der Waals surface area contributed by atoms with Crippen LogP contribution in [-0.2, 0) is 16.0 Å². The summed E-state index contributed by atoms with van der Waals surface area (Å²) in [5, 5.41) is 0. The first-order valence-corrected chi connectivity index (χ1v) is 7.54. The molecule has 0 aliphatic carbocycles. The normalized spacial score (nSPS) is 22.4. The van der Waals surface area contributed by atoms with Gasteiger partial charge in [-0.1, -0.05) is 0 Å². The monoisotopic (exact) mass is 274 g/mol. The molecule has 0 spiro atoms. The Hall–Kier alpha value is -1.55. The van der Waals surface area contributed by atoms with Crippen molar-refractivity contribution < 1.29 is 9.53 Å². The lowest BCUT2D eigenvalue weighted by Gasteiger charge is -2.31. The van der Waals surface area contributed by atoms with Crippen LogP contribution in [0.1, 0.15) is 37.7 Å². The summed E-state index contributed by atoms with van der Waals surface area (Å²) in [5.41, 5.74) is 8.82. The van der Waals surface area contributed by atoms with Crippen molar-refractivity contribution in [2.75, 3.05) is 23.8 Å². The number of nitrogen functional groups attached to an aromatic ring is 1. The summed E-state index contributed by atoms with van der Waals surface area (Å²) in [6, 6.07) is 5.84. The van der Waals surface area contributed by atoms with Gasteiger partial charge in [0.05, 0.1) is 12.5 Å². The van der Waals surface area contributed by atoms with Crippen molar-refractivity contribution in [2.45, 2.75) is 44.6 Å². The molecule has 108 valence electrons. The van der Waals surface area contributed by atoms with Gasteiger partial charge in [-0.3, -0.25) is 4.79 Å². The zero-order chi connectivity index (χ0) is 13.9. The van der Waals surface area contributed by atoms with E-state index in [1.54, 1.807) is 0 Å². The maximum Gasteiger partial charge on any atom is 0.229 e. The van der Waals surface area contributed by atoms with E-state index in [4.69, 9.17) is 10.5 Å². The van der Waals surface area contributed by atoms with E-state index in [0.29, 0.717) is 6.42 Å². The number of amides is 1. The van der Waals surface area contributed by atoms with Gasteiger partial charge in [0.15, 0.2) is 0 Å². The van der Waals surface area contributed by atoms with Crippen LogP contribution in [0.4, 0.5) is 11.4 Å². The van der Waals surface area contributed by atoms with E-state index in [9.17, 15) is 4.79 Å². The lowest BCUT2D eigenvalue weighted by molar-refractivity contribution is -0.122. The van der Waals surface area contributed by atoms with Crippen molar-refractivity contribution in [3.05, 3.63) is 23.8 Å². The number of hydrogen-bond donors (Lipinski definition) is 1. The Labute approximate surface area is 119 Å². The highest BCUT2D eigenvalue weighted by Crippen LogP contribution is 2.30. The molecule has 1 amide bonds. The highest BCUT2D eigenvalue weighted by Gasteiger charge is 2.26. The molecule has 3 rings (SSSR count). The molecule has 1 unspecified atom stereocenters. The first-order valence-electron chi connectivity index (χ1n) is 7.54. The van der Waals surface area contributed by atoms with Crippen LogP contribution < -0.4 is 10.6 Å². The summed E-state index contributed by atoms with van der Waals surface area (Å²) >= 11 is 0. The van der Waals surface area contributed by atoms with Crippen molar-refractivity contribution in [3.63, 3.8) is 0 Å². The van der Waals surface area contributed by atoms with Crippen LogP contribution in [0, 0.1) is 0 Å². The fourth-order valence-corrected chi connectivity index (χ4v) is 3.15. The highest BCUT2D eigenvalue weighted by atomic mass is 16.5. The van der Waals surface area contributed by atoms with Gasteiger partial charge in [0.2, 0.25) is 5.91 Å². The van der Waals surface area contributed by atoms with E-state index in [1.807, 2.05) is 23.1 Å². The summed E-state index contributed by atoms with van der Waals surface area (Å²) in [6.07, 6.45) is 5.92. The van der Waals surface area contributed by atoms with Crippen LogP contribution >= 0.6 is 0 Å². The Morgan fingerprint density at radius 2 is 2.25 bits per heavy atom. The van der Waals surface area contributed by atoms with Crippen molar-refractivity contribution in [3.8, 4) is 0 Å². The van der Waals surface area contributed by atoms with Gasteiger partial charge < -0.3 is 15.4 Å². The maximum atomic E-state index is 12.5. The molecule has 4 nitrogen and oxygen atoms in total. The number of nitrogens with zero attached hydrogens (tertiary/aromatic N) is 1. The number of carbonyl (C=O) groups excluding carboxylic acids is 1. The number of rotatable bonds is 2. The van der Waals surface area contributed by atoms with Crippen LogP contribution in [0.2, 0.25) is 0 Å². The maximum absolute atomic E-state index is 12.5. The van der Waals surface area contributed by atoms with E-state index in [2.05, 4.69) is 0 Å². The van der Waals surface area contributed by atoms with Crippen LogP contribution in [-0.4, -0.2) is 25.2 Å². The first-order chi connectivity index (χ1) is 9.74. The summed E-state index contributed by atoms with van der Waals surface area (Å²) in [4.78, 5) is 14.4. The molecular weight excluding hydrogens is 252 g/mol. The van der Waals surface area contributed by atoms with Crippen molar-refractivity contribution in [1.29, 1.82) is 0 Å². The second-order valence-corrected chi connectivity index (χ2v) is 5.73. The molecule has 2 aliphatic rings. The van der Waals surface area contributed by atoms with Gasteiger partial charge in [0.1, 0.15) is 0 Å². The number of benzene rings is 1. The lowest BCUT2D eigenvalue weighted by atomic mass is 9.99. The van der Waals surface area contributed by atoms with Gasteiger partial charge in [-0.15, -0.1) is 0 Å². The molecule has 1 fully saturated rings. The van der Waals surface area contributed by atoms with Gasteiger partial charge in [0, 0.05) is 24.5 Å². The second kappa shape index (κ2) is 5.83. The third kappa shape index (κ3) is 2.80. The first kappa shape index (κ1) is 13.4. The van der Waals surface area contributed by atoms with Crippen LogP contribution in [0.5, 0.6) is 0 Å². The molecule has 1 aromatic rings. The smallest absolute Gasteiger partial charge is 0.229 e. The number of anilines is 2. The standard InChI is InChI=1S/C16H22N2O2/c17-13-6-7-15-12(10-13)4-3-8-18(15)16(19)11-14-5-1-2-9-20-14/h6-7,10,14H,1-5,8-9,11,17H2. The molecule has 1 saturated heterocycles. The second-order valence-electron chi connectivity index (χ2n) is 5.73. The lowest BCUT2D eigenvalue weighted by Crippen LogP contribution is -2.38. The number of nitrogens with two attached hydrogens (primary N) is 1. The number of fused-ring (bicyclic) bond motifs is 1. The Balaban J connectivity index is 1.72. The van der Waals surface area contributed by atoms with Crippen LogP contribution in [0.15, 0.2) is 18.2 Å². The van der Waals surface area contributed by atoms with Gasteiger partial charge in [-0.2, -0.15) is 0 Å². The number of aryl methyl sites for hydroxylation is 1. The topological polar surface area (TPSA) is 55.6 Å². The number of carbonyl (C=O) groups is 1. The summed E-state index contributed by atoms with van der Waals surface area (Å²) < 4.78 is 5.68. The molecule has 2 heterocycles. The molecule has 1 aromatic carbocycles. The largest absolute Gasteiger partial charge is 0.399 e.